The Labute approximate surface area is 179 Å². The largest absolute Gasteiger partial charge is 0.349 e. The van der Waals surface area contributed by atoms with E-state index in [9.17, 15) is 14.0 Å². The molecule has 1 aromatic heterocycles. The minimum Gasteiger partial charge on any atom is -0.349 e. The van der Waals surface area contributed by atoms with Gasteiger partial charge in [0.05, 0.1) is 17.4 Å². The molecule has 1 N–H and O–H groups in total. The van der Waals surface area contributed by atoms with E-state index in [2.05, 4.69) is 22.6 Å². The molecule has 1 fully saturated rings. The summed E-state index contributed by atoms with van der Waals surface area (Å²) in [6.45, 7) is 3.06. The summed E-state index contributed by atoms with van der Waals surface area (Å²) in [4.78, 5) is 26.8. The van der Waals surface area contributed by atoms with Gasteiger partial charge >= 0.3 is 0 Å². The molecule has 2 aromatic carbocycles. The van der Waals surface area contributed by atoms with E-state index in [0.29, 0.717) is 25.9 Å². The lowest BCUT2D eigenvalue weighted by atomic mass is 10.0. The predicted molar refractivity (Wildman–Crippen MR) is 114 cm³/mol. The Hall–Kier alpha value is -3.55. The molecule has 0 spiro atoms. The Morgan fingerprint density at radius 1 is 1.10 bits per heavy atom. The van der Waals surface area contributed by atoms with Crippen LogP contribution in [0.1, 0.15) is 46.2 Å². The van der Waals surface area contributed by atoms with Crippen LogP contribution in [0.15, 0.2) is 54.7 Å². The van der Waals surface area contributed by atoms with Crippen molar-refractivity contribution in [2.75, 3.05) is 13.1 Å². The summed E-state index contributed by atoms with van der Waals surface area (Å²) in [5.41, 5.74) is 2.39. The SMILES string of the molecule is CCc1ccc(-n2cc(C(=O)N3CCC(NC(=O)c4ccccc4F)CC3)nn2)cc1. The fourth-order valence-corrected chi connectivity index (χ4v) is 3.67. The molecule has 4 rings (SSSR count). The molecule has 7 nitrogen and oxygen atoms in total. The zero-order valence-corrected chi connectivity index (χ0v) is 17.3. The third-order valence-electron chi connectivity index (χ3n) is 5.56. The number of amides is 2. The first kappa shape index (κ1) is 20.7. The number of aromatic nitrogens is 3. The second kappa shape index (κ2) is 9.07. The number of likely N-dealkylation sites (tertiary alicyclic amines) is 1. The Bertz CT molecular complexity index is 1070. The van der Waals surface area contributed by atoms with Crippen LogP contribution >= 0.6 is 0 Å². The maximum absolute atomic E-state index is 13.8. The van der Waals surface area contributed by atoms with E-state index in [1.54, 1.807) is 27.9 Å². The lowest BCUT2D eigenvalue weighted by Gasteiger charge is -2.31. The van der Waals surface area contributed by atoms with Crippen LogP contribution in [0, 0.1) is 5.82 Å². The van der Waals surface area contributed by atoms with Gasteiger partial charge in [-0.2, -0.15) is 0 Å². The van der Waals surface area contributed by atoms with Crippen LogP contribution in [0.3, 0.4) is 0 Å². The molecular weight excluding hydrogens is 397 g/mol. The van der Waals surface area contributed by atoms with Gasteiger partial charge < -0.3 is 10.2 Å². The van der Waals surface area contributed by atoms with Gasteiger partial charge in [0.1, 0.15) is 5.82 Å². The van der Waals surface area contributed by atoms with Crippen LogP contribution < -0.4 is 5.32 Å². The van der Waals surface area contributed by atoms with Crippen molar-refractivity contribution in [3.05, 3.63) is 77.4 Å². The molecule has 0 aliphatic carbocycles. The average molecular weight is 421 g/mol. The molecule has 160 valence electrons. The third kappa shape index (κ3) is 4.63. The molecule has 0 unspecified atom stereocenters. The summed E-state index contributed by atoms with van der Waals surface area (Å²) in [5.74, 6) is -1.16. The van der Waals surface area contributed by atoms with Crippen molar-refractivity contribution in [2.24, 2.45) is 0 Å². The highest BCUT2D eigenvalue weighted by Gasteiger charge is 2.27. The third-order valence-corrected chi connectivity index (χ3v) is 5.56. The average Bonchev–Trinajstić information content (AvgIpc) is 3.30. The molecule has 8 heteroatoms. The highest BCUT2D eigenvalue weighted by atomic mass is 19.1. The van der Waals surface area contributed by atoms with Gasteiger partial charge in [0.2, 0.25) is 0 Å². The fourth-order valence-electron chi connectivity index (χ4n) is 3.67. The van der Waals surface area contributed by atoms with Crippen molar-refractivity contribution in [1.29, 1.82) is 0 Å². The summed E-state index contributed by atoms with van der Waals surface area (Å²) < 4.78 is 15.4. The smallest absolute Gasteiger partial charge is 0.276 e. The van der Waals surface area contributed by atoms with Crippen LogP contribution in [0.4, 0.5) is 4.39 Å². The molecule has 1 saturated heterocycles. The Balaban J connectivity index is 1.33. The minimum atomic E-state index is -0.542. The lowest BCUT2D eigenvalue weighted by Crippen LogP contribution is -2.46. The van der Waals surface area contributed by atoms with Gasteiger partial charge in [0.15, 0.2) is 5.69 Å². The molecule has 3 aromatic rings. The molecule has 0 radical (unpaired) electrons. The number of carbonyl (C=O) groups excluding carboxylic acids is 2. The second-order valence-corrected chi connectivity index (χ2v) is 7.59. The number of carbonyl (C=O) groups is 2. The molecule has 31 heavy (non-hydrogen) atoms. The molecule has 2 amide bonds. The molecule has 1 aliphatic rings. The van der Waals surface area contributed by atoms with E-state index in [0.717, 1.165) is 12.1 Å². The van der Waals surface area contributed by atoms with E-state index < -0.39 is 11.7 Å². The van der Waals surface area contributed by atoms with E-state index in [-0.39, 0.29) is 23.2 Å². The van der Waals surface area contributed by atoms with Crippen molar-refractivity contribution in [3.8, 4) is 5.69 Å². The second-order valence-electron chi connectivity index (χ2n) is 7.59. The zero-order valence-electron chi connectivity index (χ0n) is 17.3. The number of aryl methyl sites for hydroxylation is 1. The van der Waals surface area contributed by atoms with Gasteiger partial charge in [-0.05, 0) is 49.1 Å². The molecule has 0 bridgehead atoms. The summed E-state index contributed by atoms with van der Waals surface area (Å²) in [5, 5.41) is 11.0. The van der Waals surface area contributed by atoms with Gasteiger partial charge in [-0.25, -0.2) is 9.07 Å². The number of benzene rings is 2. The van der Waals surface area contributed by atoms with Gasteiger partial charge in [-0.1, -0.05) is 36.4 Å². The summed E-state index contributed by atoms with van der Waals surface area (Å²) in [7, 11) is 0. The maximum atomic E-state index is 13.8. The normalized spacial score (nSPS) is 14.5. The lowest BCUT2D eigenvalue weighted by molar-refractivity contribution is 0.0692. The predicted octanol–water partition coefficient (Wildman–Crippen LogP) is 3.00. The fraction of sp³-hybridized carbons (Fsp3) is 0.304. The number of hydrogen-bond acceptors (Lipinski definition) is 4. The molecule has 0 saturated carbocycles. The van der Waals surface area contributed by atoms with Crippen LogP contribution in [-0.4, -0.2) is 50.8 Å². The topological polar surface area (TPSA) is 80.1 Å². The van der Waals surface area contributed by atoms with E-state index in [1.807, 2.05) is 24.3 Å². The van der Waals surface area contributed by atoms with E-state index in [4.69, 9.17) is 0 Å². The number of nitrogens with zero attached hydrogens (tertiary/aromatic N) is 4. The quantitative estimate of drug-likeness (QED) is 0.687. The van der Waals surface area contributed by atoms with Gasteiger partial charge in [-0.3, -0.25) is 9.59 Å². The van der Waals surface area contributed by atoms with Gasteiger partial charge in [0.25, 0.3) is 11.8 Å². The Morgan fingerprint density at radius 2 is 1.81 bits per heavy atom. The Kier molecular flexibility index (Phi) is 6.06. The van der Waals surface area contributed by atoms with Crippen LogP contribution in [-0.2, 0) is 6.42 Å². The van der Waals surface area contributed by atoms with Gasteiger partial charge in [0, 0.05) is 19.1 Å². The molecule has 2 heterocycles. The highest BCUT2D eigenvalue weighted by molar-refractivity contribution is 5.94. The van der Waals surface area contributed by atoms with Crippen LogP contribution in [0.2, 0.25) is 0 Å². The first-order valence-corrected chi connectivity index (χ1v) is 10.4. The zero-order chi connectivity index (χ0) is 21.8. The summed E-state index contributed by atoms with van der Waals surface area (Å²) in [6.07, 6.45) is 3.78. The summed E-state index contributed by atoms with van der Waals surface area (Å²) in [6, 6.07) is 13.7. The monoisotopic (exact) mass is 421 g/mol. The minimum absolute atomic E-state index is 0.0320. The maximum Gasteiger partial charge on any atom is 0.276 e. The molecule has 1 aliphatic heterocycles. The van der Waals surface area contributed by atoms with E-state index in [1.165, 1.54) is 17.7 Å². The van der Waals surface area contributed by atoms with Crippen LogP contribution in [0.25, 0.3) is 5.69 Å². The first-order chi connectivity index (χ1) is 15.0. The standard InChI is InChI=1S/C23H24FN5O2/c1-2-16-7-9-18(10-8-16)29-15-21(26-27-29)23(31)28-13-11-17(12-14-28)25-22(30)19-5-3-4-6-20(19)24/h3-10,15,17H,2,11-14H2,1H3,(H,25,30). The van der Waals surface area contributed by atoms with Crippen LogP contribution in [0.5, 0.6) is 0 Å². The van der Waals surface area contributed by atoms with Crippen molar-refractivity contribution in [1.82, 2.24) is 25.2 Å². The Morgan fingerprint density at radius 3 is 2.48 bits per heavy atom. The number of rotatable bonds is 5. The summed E-state index contributed by atoms with van der Waals surface area (Å²) >= 11 is 0. The van der Waals surface area contributed by atoms with Gasteiger partial charge in [-0.15, -0.1) is 5.10 Å². The molecular formula is C23H24FN5O2. The first-order valence-electron chi connectivity index (χ1n) is 10.4. The van der Waals surface area contributed by atoms with Crippen molar-refractivity contribution < 1.29 is 14.0 Å². The number of nitrogens with one attached hydrogen (secondary N) is 1. The number of hydrogen-bond donors (Lipinski definition) is 1. The van der Waals surface area contributed by atoms with Crippen molar-refractivity contribution >= 4 is 11.8 Å². The van der Waals surface area contributed by atoms with E-state index >= 15 is 0 Å². The van der Waals surface area contributed by atoms with Crippen molar-refractivity contribution in [3.63, 3.8) is 0 Å². The number of piperidine rings is 1. The molecule has 0 atom stereocenters. The number of halogens is 1. The highest BCUT2D eigenvalue weighted by Crippen LogP contribution is 2.16. The van der Waals surface area contributed by atoms with Crippen molar-refractivity contribution in [2.45, 2.75) is 32.2 Å².